The van der Waals surface area contributed by atoms with Crippen molar-refractivity contribution in [2.24, 2.45) is 0 Å². The van der Waals surface area contributed by atoms with E-state index in [9.17, 15) is 0 Å². The fourth-order valence-corrected chi connectivity index (χ4v) is 2.86. The van der Waals surface area contributed by atoms with Crippen molar-refractivity contribution in [1.29, 1.82) is 0 Å². The number of aromatic nitrogens is 1. The molecule has 21 heavy (non-hydrogen) atoms. The number of anilines is 1. The van der Waals surface area contributed by atoms with Gasteiger partial charge in [0.25, 0.3) is 0 Å². The van der Waals surface area contributed by atoms with E-state index in [1.165, 1.54) is 0 Å². The summed E-state index contributed by atoms with van der Waals surface area (Å²) < 4.78 is 11.0. The largest absolute Gasteiger partial charge is 0.494 e. The Labute approximate surface area is 130 Å². The Kier molecular flexibility index (Phi) is 4.78. The Balaban J connectivity index is 2.99. The first kappa shape index (κ1) is 15.7. The third-order valence-electron chi connectivity index (χ3n) is 3.59. The molecule has 0 aliphatic rings. The molecule has 0 aliphatic carbocycles. The average Bonchev–Trinajstić information content (AvgIpc) is 2.49. The Morgan fingerprint density at radius 1 is 1.24 bits per heavy atom. The SMILES string of the molecule is CCNc1c(C)c(CC)nc2c(OC)cc(Cl)c(OC)c12. The van der Waals surface area contributed by atoms with Crippen LogP contribution in [-0.2, 0) is 6.42 Å². The predicted octanol–water partition coefficient (Wildman–Crippen LogP) is 4.21. The van der Waals surface area contributed by atoms with Crippen molar-refractivity contribution in [3.05, 3.63) is 22.3 Å². The normalized spacial score (nSPS) is 10.8. The number of methoxy groups -OCH3 is 2. The van der Waals surface area contributed by atoms with Crippen LogP contribution in [0.5, 0.6) is 11.5 Å². The lowest BCUT2D eigenvalue weighted by molar-refractivity contribution is 0.410. The highest BCUT2D eigenvalue weighted by atomic mass is 35.5. The van der Waals surface area contributed by atoms with Gasteiger partial charge >= 0.3 is 0 Å². The van der Waals surface area contributed by atoms with Crippen molar-refractivity contribution in [2.45, 2.75) is 27.2 Å². The first-order valence-corrected chi connectivity index (χ1v) is 7.44. The number of rotatable bonds is 5. The maximum absolute atomic E-state index is 6.32. The molecule has 2 rings (SSSR count). The van der Waals surface area contributed by atoms with Crippen LogP contribution in [0.3, 0.4) is 0 Å². The number of nitrogens with zero attached hydrogens (tertiary/aromatic N) is 1. The summed E-state index contributed by atoms with van der Waals surface area (Å²) in [6, 6.07) is 1.75. The van der Waals surface area contributed by atoms with E-state index in [0.717, 1.165) is 40.8 Å². The summed E-state index contributed by atoms with van der Waals surface area (Å²) in [4.78, 5) is 4.75. The van der Waals surface area contributed by atoms with Gasteiger partial charge in [0.2, 0.25) is 0 Å². The van der Waals surface area contributed by atoms with Crippen LogP contribution in [0.2, 0.25) is 5.02 Å². The Morgan fingerprint density at radius 2 is 1.95 bits per heavy atom. The van der Waals surface area contributed by atoms with Gasteiger partial charge in [-0.05, 0) is 25.8 Å². The number of aryl methyl sites for hydroxylation is 1. The molecule has 0 spiro atoms. The zero-order chi connectivity index (χ0) is 15.6. The zero-order valence-corrected chi connectivity index (χ0v) is 13.9. The van der Waals surface area contributed by atoms with E-state index in [1.54, 1.807) is 20.3 Å². The van der Waals surface area contributed by atoms with Crippen LogP contribution in [0.25, 0.3) is 10.9 Å². The molecule has 1 N–H and O–H groups in total. The number of halogens is 1. The number of pyridine rings is 1. The summed E-state index contributed by atoms with van der Waals surface area (Å²) in [5, 5.41) is 4.81. The maximum atomic E-state index is 6.32. The van der Waals surface area contributed by atoms with Gasteiger partial charge in [0.05, 0.1) is 30.3 Å². The second-order valence-corrected chi connectivity index (χ2v) is 5.17. The van der Waals surface area contributed by atoms with Crippen LogP contribution in [0.4, 0.5) is 5.69 Å². The summed E-state index contributed by atoms with van der Waals surface area (Å²) in [5.41, 5.74) is 3.95. The summed E-state index contributed by atoms with van der Waals surface area (Å²) in [6.07, 6.45) is 0.855. The van der Waals surface area contributed by atoms with Crippen molar-refractivity contribution >= 4 is 28.2 Å². The molecule has 5 heteroatoms. The Bertz CT molecular complexity index is 671. The number of hydrogen-bond donors (Lipinski definition) is 1. The summed E-state index contributed by atoms with van der Waals surface area (Å²) in [7, 11) is 3.24. The van der Waals surface area contributed by atoms with Crippen molar-refractivity contribution < 1.29 is 9.47 Å². The molecule has 0 amide bonds. The second kappa shape index (κ2) is 6.39. The van der Waals surface area contributed by atoms with E-state index >= 15 is 0 Å². The number of benzene rings is 1. The van der Waals surface area contributed by atoms with Crippen LogP contribution in [0.15, 0.2) is 6.07 Å². The molecule has 0 unspecified atom stereocenters. The summed E-state index contributed by atoms with van der Waals surface area (Å²) in [5.74, 6) is 1.28. The monoisotopic (exact) mass is 308 g/mol. The minimum absolute atomic E-state index is 0.520. The van der Waals surface area contributed by atoms with Gasteiger partial charge in [0, 0.05) is 18.3 Å². The van der Waals surface area contributed by atoms with E-state index in [0.29, 0.717) is 16.5 Å². The number of hydrogen-bond acceptors (Lipinski definition) is 4. The fraction of sp³-hybridized carbons (Fsp3) is 0.438. The van der Waals surface area contributed by atoms with Crippen LogP contribution in [-0.4, -0.2) is 25.7 Å². The maximum Gasteiger partial charge on any atom is 0.149 e. The predicted molar refractivity (Wildman–Crippen MR) is 88.1 cm³/mol. The topological polar surface area (TPSA) is 43.4 Å². The van der Waals surface area contributed by atoms with E-state index < -0.39 is 0 Å². The lowest BCUT2D eigenvalue weighted by Crippen LogP contribution is -2.06. The van der Waals surface area contributed by atoms with E-state index in [1.807, 2.05) is 0 Å². The van der Waals surface area contributed by atoms with Crippen LogP contribution >= 0.6 is 11.6 Å². The molecule has 0 fully saturated rings. The molecule has 1 aromatic heterocycles. The van der Waals surface area contributed by atoms with Crippen LogP contribution in [0, 0.1) is 6.92 Å². The molecule has 0 saturated carbocycles. The lowest BCUT2D eigenvalue weighted by atomic mass is 10.0. The standard InChI is InChI=1S/C16H21ClN2O2/c1-6-11-9(3)14(18-7-2)13-15(19-11)12(20-4)8-10(17)16(13)21-5/h8H,6-7H2,1-5H3,(H,18,19). The molecular formula is C16H21ClN2O2. The highest BCUT2D eigenvalue weighted by Gasteiger charge is 2.20. The molecule has 0 saturated heterocycles. The van der Waals surface area contributed by atoms with Gasteiger partial charge in [-0.1, -0.05) is 18.5 Å². The number of ether oxygens (including phenoxy) is 2. The molecule has 2 aromatic rings. The minimum Gasteiger partial charge on any atom is -0.494 e. The average molecular weight is 309 g/mol. The molecule has 4 nitrogen and oxygen atoms in total. The highest BCUT2D eigenvalue weighted by Crippen LogP contribution is 2.44. The van der Waals surface area contributed by atoms with E-state index in [-0.39, 0.29) is 0 Å². The van der Waals surface area contributed by atoms with Gasteiger partial charge in [-0.15, -0.1) is 0 Å². The van der Waals surface area contributed by atoms with Crippen molar-refractivity contribution in [3.63, 3.8) is 0 Å². The van der Waals surface area contributed by atoms with Crippen LogP contribution < -0.4 is 14.8 Å². The van der Waals surface area contributed by atoms with Gasteiger partial charge in [-0.3, -0.25) is 0 Å². The Morgan fingerprint density at radius 3 is 2.48 bits per heavy atom. The van der Waals surface area contributed by atoms with Gasteiger partial charge in [0.1, 0.15) is 17.0 Å². The number of fused-ring (bicyclic) bond motifs is 1. The second-order valence-electron chi connectivity index (χ2n) is 4.76. The summed E-state index contributed by atoms with van der Waals surface area (Å²) in [6.45, 7) is 7.03. The summed E-state index contributed by atoms with van der Waals surface area (Å²) >= 11 is 6.32. The third-order valence-corrected chi connectivity index (χ3v) is 3.87. The number of nitrogens with one attached hydrogen (secondary N) is 1. The van der Waals surface area contributed by atoms with Gasteiger partial charge in [-0.2, -0.15) is 0 Å². The molecule has 0 aliphatic heterocycles. The van der Waals surface area contributed by atoms with E-state index in [2.05, 4.69) is 26.1 Å². The first-order chi connectivity index (χ1) is 10.1. The van der Waals surface area contributed by atoms with E-state index in [4.69, 9.17) is 26.1 Å². The molecule has 1 aromatic carbocycles. The highest BCUT2D eigenvalue weighted by molar-refractivity contribution is 6.34. The zero-order valence-electron chi connectivity index (χ0n) is 13.1. The minimum atomic E-state index is 0.520. The molecule has 0 atom stereocenters. The smallest absolute Gasteiger partial charge is 0.149 e. The Hall–Kier alpha value is -1.68. The lowest BCUT2D eigenvalue weighted by Gasteiger charge is -2.19. The van der Waals surface area contributed by atoms with Crippen LogP contribution in [0.1, 0.15) is 25.1 Å². The quantitative estimate of drug-likeness (QED) is 0.898. The van der Waals surface area contributed by atoms with Crippen molar-refractivity contribution in [3.8, 4) is 11.5 Å². The van der Waals surface area contributed by atoms with Gasteiger partial charge in [-0.25, -0.2) is 4.98 Å². The molecular weight excluding hydrogens is 288 g/mol. The molecule has 114 valence electrons. The van der Waals surface area contributed by atoms with Crippen molar-refractivity contribution in [1.82, 2.24) is 4.98 Å². The van der Waals surface area contributed by atoms with Gasteiger partial charge in [0.15, 0.2) is 0 Å². The molecule has 0 bridgehead atoms. The van der Waals surface area contributed by atoms with Crippen molar-refractivity contribution in [2.75, 3.05) is 26.1 Å². The fourth-order valence-electron chi connectivity index (χ4n) is 2.59. The molecule has 0 radical (unpaired) electrons. The first-order valence-electron chi connectivity index (χ1n) is 7.06. The third kappa shape index (κ3) is 2.60. The molecule has 1 heterocycles. The van der Waals surface area contributed by atoms with Gasteiger partial charge < -0.3 is 14.8 Å².